The number of carbonyl (C=O) groups excluding carboxylic acids is 1. The molecular formula is C14H19F3N4O2. The number of likely N-dealkylation sites (tertiary alicyclic amines) is 1. The number of nitrogens with zero attached hydrogens (tertiary/aromatic N) is 3. The fourth-order valence-electron chi connectivity index (χ4n) is 3.40. The predicted molar refractivity (Wildman–Crippen MR) is 74.5 cm³/mol. The number of rotatable bonds is 2. The van der Waals surface area contributed by atoms with Crippen LogP contribution in [0.15, 0.2) is 18.5 Å². The molecule has 1 atom stereocenters. The molecule has 3 heterocycles. The smallest absolute Gasteiger partial charge is 0.379 e. The first-order valence-electron chi connectivity index (χ1n) is 7.58. The van der Waals surface area contributed by atoms with Gasteiger partial charge in [0.15, 0.2) is 5.60 Å². The third-order valence-electron chi connectivity index (χ3n) is 4.83. The minimum Gasteiger partial charge on any atom is -0.379 e. The Labute approximate surface area is 131 Å². The zero-order valence-corrected chi connectivity index (χ0v) is 12.5. The molecule has 128 valence electrons. The van der Waals surface area contributed by atoms with Crippen molar-refractivity contribution in [3.8, 4) is 0 Å². The van der Waals surface area contributed by atoms with E-state index in [0.717, 1.165) is 4.90 Å². The molecule has 3 rings (SSSR count). The Hall–Kier alpha value is -1.61. The largest absolute Gasteiger partial charge is 0.419 e. The van der Waals surface area contributed by atoms with Gasteiger partial charge >= 0.3 is 6.18 Å². The minimum atomic E-state index is -4.74. The molecule has 0 bridgehead atoms. The van der Waals surface area contributed by atoms with E-state index < -0.39 is 36.2 Å². The van der Waals surface area contributed by atoms with Crippen molar-refractivity contribution in [3.05, 3.63) is 18.5 Å². The van der Waals surface area contributed by atoms with Crippen LogP contribution in [0.4, 0.5) is 13.2 Å². The molecule has 1 aromatic rings. The van der Waals surface area contributed by atoms with Crippen LogP contribution in [-0.2, 0) is 10.3 Å². The lowest BCUT2D eigenvalue weighted by Crippen LogP contribution is -2.56. The highest BCUT2D eigenvalue weighted by atomic mass is 19.4. The van der Waals surface area contributed by atoms with E-state index in [0.29, 0.717) is 25.9 Å². The Morgan fingerprint density at radius 3 is 2.48 bits per heavy atom. The topological polar surface area (TPSA) is 70.4 Å². The zero-order valence-electron chi connectivity index (χ0n) is 12.5. The average Bonchev–Trinajstić information content (AvgIpc) is 3.17. The molecule has 0 saturated carbocycles. The van der Waals surface area contributed by atoms with Gasteiger partial charge in [-0.3, -0.25) is 9.48 Å². The molecule has 0 radical (unpaired) electrons. The van der Waals surface area contributed by atoms with Gasteiger partial charge in [0.25, 0.3) is 5.91 Å². The van der Waals surface area contributed by atoms with Crippen LogP contribution in [-0.4, -0.2) is 63.7 Å². The Bertz CT molecular complexity index is 569. The van der Waals surface area contributed by atoms with Crippen LogP contribution >= 0.6 is 0 Å². The Balaban J connectivity index is 1.86. The van der Waals surface area contributed by atoms with Crippen LogP contribution in [0.3, 0.4) is 0 Å². The first kappa shape index (κ1) is 16.3. The summed E-state index contributed by atoms with van der Waals surface area (Å²) in [5.41, 5.74) is -3.80. The molecular weight excluding hydrogens is 313 g/mol. The number of hydrogen-bond donors (Lipinski definition) is 2. The highest BCUT2D eigenvalue weighted by Gasteiger charge is 2.59. The van der Waals surface area contributed by atoms with Crippen LogP contribution in [0.5, 0.6) is 0 Å². The van der Waals surface area contributed by atoms with Gasteiger partial charge in [0.05, 0.1) is 6.54 Å². The van der Waals surface area contributed by atoms with E-state index in [2.05, 4.69) is 10.4 Å². The fraction of sp³-hybridized carbons (Fsp3) is 0.714. The summed E-state index contributed by atoms with van der Waals surface area (Å²) in [7, 11) is 0. The number of alkyl halides is 3. The third kappa shape index (κ3) is 2.61. The molecule has 1 unspecified atom stereocenters. The molecule has 0 spiro atoms. The fourth-order valence-corrected chi connectivity index (χ4v) is 3.40. The lowest BCUT2D eigenvalue weighted by atomic mass is 9.87. The molecule has 6 nitrogen and oxygen atoms in total. The molecule has 1 aromatic heterocycles. The summed E-state index contributed by atoms with van der Waals surface area (Å²) in [5.74, 6) is -0.400. The van der Waals surface area contributed by atoms with Gasteiger partial charge < -0.3 is 15.3 Å². The van der Waals surface area contributed by atoms with E-state index in [1.54, 1.807) is 23.1 Å². The van der Waals surface area contributed by atoms with Gasteiger partial charge in [-0.2, -0.15) is 18.3 Å². The molecule has 9 heteroatoms. The van der Waals surface area contributed by atoms with Crippen molar-refractivity contribution in [2.24, 2.45) is 0 Å². The predicted octanol–water partition coefficient (Wildman–Crippen LogP) is 0.488. The summed E-state index contributed by atoms with van der Waals surface area (Å²) < 4.78 is 40.5. The summed E-state index contributed by atoms with van der Waals surface area (Å²) in [6.45, 7) is 0.350. The van der Waals surface area contributed by atoms with Crippen LogP contribution in [0.2, 0.25) is 0 Å². The summed E-state index contributed by atoms with van der Waals surface area (Å²) in [6.07, 6.45) is -1.12. The van der Waals surface area contributed by atoms with Crippen LogP contribution in [0.1, 0.15) is 19.3 Å². The normalized spacial score (nSPS) is 28.1. The second kappa shape index (κ2) is 5.48. The third-order valence-corrected chi connectivity index (χ3v) is 4.83. The van der Waals surface area contributed by atoms with Crippen molar-refractivity contribution in [2.45, 2.75) is 36.6 Å². The Kier molecular flexibility index (Phi) is 3.88. The number of amides is 1. The van der Waals surface area contributed by atoms with E-state index in [4.69, 9.17) is 0 Å². The summed E-state index contributed by atoms with van der Waals surface area (Å²) in [6, 6.07) is 1.69. The first-order valence-corrected chi connectivity index (χ1v) is 7.58. The highest BCUT2D eigenvalue weighted by molar-refractivity contribution is 5.85. The Morgan fingerprint density at radius 2 is 1.96 bits per heavy atom. The zero-order chi connectivity index (χ0) is 16.7. The second-order valence-corrected chi connectivity index (χ2v) is 6.24. The number of carbonyl (C=O) groups is 1. The molecule has 1 amide bonds. The number of aromatic nitrogens is 2. The molecule has 0 aliphatic carbocycles. The van der Waals surface area contributed by atoms with E-state index in [1.165, 1.54) is 0 Å². The Morgan fingerprint density at radius 1 is 1.26 bits per heavy atom. The van der Waals surface area contributed by atoms with E-state index in [9.17, 15) is 23.1 Å². The molecule has 2 aliphatic heterocycles. The maximum absolute atomic E-state index is 13.0. The number of piperidine rings is 1. The number of β-amino-alcohol motifs (C(OH)–C–C–N with tert-alkyl or cyclic N) is 1. The quantitative estimate of drug-likeness (QED) is 0.827. The number of hydrogen-bond acceptors (Lipinski definition) is 4. The average molecular weight is 332 g/mol. The van der Waals surface area contributed by atoms with Gasteiger partial charge in [-0.15, -0.1) is 0 Å². The van der Waals surface area contributed by atoms with Crippen LogP contribution in [0.25, 0.3) is 0 Å². The van der Waals surface area contributed by atoms with Gasteiger partial charge in [0, 0.05) is 25.4 Å². The molecule has 2 fully saturated rings. The summed E-state index contributed by atoms with van der Waals surface area (Å²) >= 11 is 0. The van der Waals surface area contributed by atoms with Gasteiger partial charge in [0.1, 0.15) is 5.54 Å². The molecule has 23 heavy (non-hydrogen) atoms. The van der Waals surface area contributed by atoms with Crippen LogP contribution in [0, 0.1) is 0 Å². The van der Waals surface area contributed by atoms with Crippen molar-refractivity contribution in [1.82, 2.24) is 20.0 Å². The monoisotopic (exact) mass is 332 g/mol. The maximum atomic E-state index is 13.0. The lowest BCUT2D eigenvalue weighted by molar-refractivity contribution is -0.253. The van der Waals surface area contributed by atoms with E-state index >= 15 is 0 Å². The first-order chi connectivity index (χ1) is 10.8. The highest BCUT2D eigenvalue weighted by Crippen LogP contribution is 2.39. The van der Waals surface area contributed by atoms with Crippen molar-refractivity contribution in [1.29, 1.82) is 0 Å². The maximum Gasteiger partial charge on any atom is 0.419 e. The van der Waals surface area contributed by atoms with Crippen molar-refractivity contribution < 1.29 is 23.1 Å². The number of halogens is 3. The van der Waals surface area contributed by atoms with Gasteiger partial charge in [-0.05, 0) is 32.0 Å². The van der Waals surface area contributed by atoms with E-state index in [-0.39, 0.29) is 6.54 Å². The molecule has 0 aromatic carbocycles. The summed E-state index contributed by atoms with van der Waals surface area (Å²) in [4.78, 5) is 14.1. The van der Waals surface area contributed by atoms with Crippen molar-refractivity contribution in [2.75, 3.05) is 26.2 Å². The van der Waals surface area contributed by atoms with Gasteiger partial charge in [-0.1, -0.05) is 0 Å². The standard InChI is InChI=1S/C14H19F3N4O2/c15-14(16,17)13(23)4-9-20(10-13)11(22)12(2-6-18-7-3-12)21-8-1-5-19-21/h1,5,8,18,23H,2-4,6-7,9-10H2. The minimum absolute atomic E-state index is 0.106. The SMILES string of the molecule is O=C(N1CCC(O)(C(F)(F)F)C1)C1(n2cccn2)CCNCC1. The lowest BCUT2D eigenvalue weighted by Gasteiger charge is -2.39. The van der Waals surface area contributed by atoms with E-state index in [1.807, 2.05) is 0 Å². The van der Waals surface area contributed by atoms with Gasteiger partial charge in [-0.25, -0.2) is 0 Å². The van der Waals surface area contributed by atoms with Crippen molar-refractivity contribution >= 4 is 5.91 Å². The molecule has 2 saturated heterocycles. The molecule has 2 aliphatic rings. The van der Waals surface area contributed by atoms with Crippen molar-refractivity contribution in [3.63, 3.8) is 0 Å². The summed E-state index contributed by atoms with van der Waals surface area (Å²) in [5, 5.41) is 17.1. The number of aliphatic hydroxyl groups is 1. The van der Waals surface area contributed by atoms with Crippen LogP contribution < -0.4 is 5.32 Å². The number of nitrogens with one attached hydrogen (secondary N) is 1. The second-order valence-electron chi connectivity index (χ2n) is 6.24. The van der Waals surface area contributed by atoms with Gasteiger partial charge in [0.2, 0.25) is 0 Å². The molecule has 2 N–H and O–H groups in total.